The lowest BCUT2D eigenvalue weighted by atomic mass is 10.0. The normalized spacial score (nSPS) is 14.1. The molecule has 0 unspecified atom stereocenters. The summed E-state index contributed by atoms with van der Waals surface area (Å²) in [7, 11) is 0. The molecule has 4 heteroatoms. The molecule has 4 rings (SSSR count). The van der Waals surface area contributed by atoms with Crippen LogP contribution in [0.15, 0.2) is 40.9 Å². The van der Waals surface area contributed by atoms with Crippen molar-refractivity contribution >= 4 is 43.2 Å². The number of fused-ring (bicyclic) bond motifs is 2. The predicted molar refractivity (Wildman–Crippen MR) is 89.6 cm³/mol. The van der Waals surface area contributed by atoms with E-state index in [4.69, 9.17) is 4.98 Å². The number of nitrogens with zero attached hydrogens (tertiary/aromatic N) is 1. The van der Waals surface area contributed by atoms with Crippen molar-refractivity contribution in [2.75, 3.05) is 11.9 Å². The van der Waals surface area contributed by atoms with Crippen molar-refractivity contribution in [1.29, 1.82) is 0 Å². The number of aryl methyl sites for hydroxylation is 1. The zero-order chi connectivity index (χ0) is 13.5. The first-order valence-electron chi connectivity index (χ1n) is 6.73. The lowest BCUT2D eigenvalue weighted by molar-refractivity contribution is 0.830. The maximum atomic E-state index is 4.75. The van der Waals surface area contributed by atoms with E-state index in [2.05, 4.69) is 51.6 Å². The summed E-state index contributed by atoms with van der Waals surface area (Å²) in [5, 5.41) is 4.56. The Labute approximate surface area is 130 Å². The van der Waals surface area contributed by atoms with Crippen LogP contribution >= 0.6 is 27.3 Å². The van der Waals surface area contributed by atoms with Gasteiger partial charge in [-0.05, 0) is 54.8 Å². The largest absolute Gasteiger partial charge is 0.385 e. The van der Waals surface area contributed by atoms with Crippen LogP contribution in [0.4, 0.5) is 5.69 Å². The highest BCUT2D eigenvalue weighted by Gasteiger charge is 2.12. The molecule has 1 aliphatic heterocycles. The van der Waals surface area contributed by atoms with Crippen LogP contribution in [-0.4, -0.2) is 11.5 Å². The zero-order valence-electron chi connectivity index (χ0n) is 10.8. The SMILES string of the molecule is Brc1ccc2nc(-c3ccc4c(c3)CCCN4)sc2c1. The maximum absolute atomic E-state index is 4.75. The van der Waals surface area contributed by atoms with Crippen molar-refractivity contribution in [2.24, 2.45) is 0 Å². The van der Waals surface area contributed by atoms with Gasteiger partial charge in [0.1, 0.15) is 5.01 Å². The molecular formula is C16H13BrN2S. The van der Waals surface area contributed by atoms with Crippen molar-refractivity contribution in [2.45, 2.75) is 12.8 Å². The minimum absolute atomic E-state index is 1.07. The van der Waals surface area contributed by atoms with Gasteiger partial charge in [-0.15, -0.1) is 11.3 Å². The van der Waals surface area contributed by atoms with E-state index in [0.717, 1.165) is 28.0 Å². The second-order valence-corrected chi connectivity index (χ2v) is 6.98. The molecule has 0 saturated heterocycles. The molecule has 1 aromatic heterocycles. The summed E-state index contributed by atoms with van der Waals surface area (Å²) in [5.41, 5.74) is 4.99. The summed E-state index contributed by atoms with van der Waals surface area (Å²) in [5.74, 6) is 0. The number of hydrogen-bond donors (Lipinski definition) is 1. The Bertz CT molecular complexity index is 794. The van der Waals surface area contributed by atoms with Gasteiger partial charge in [-0.2, -0.15) is 0 Å². The molecular weight excluding hydrogens is 332 g/mol. The van der Waals surface area contributed by atoms with Crippen molar-refractivity contribution in [3.8, 4) is 10.6 Å². The topological polar surface area (TPSA) is 24.9 Å². The first-order valence-corrected chi connectivity index (χ1v) is 8.34. The molecule has 0 spiro atoms. The van der Waals surface area contributed by atoms with E-state index in [1.54, 1.807) is 11.3 Å². The van der Waals surface area contributed by atoms with E-state index in [-0.39, 0.29) is 0 Å². The first-order chi connectivity index (χ1) is 9.79. The minimum atomic E-state index is 1.07. The Balaban J connectivity index is 1.82. The fourth-order valence-corrected chi connectivity index (χ4v) is 4.14. The zero-order valence-corrected chi connectivity index (χ0v) is 13.2. The number of aromatic nitrogens is 1. The van der Waals surface area contributed by atoms with Crippen LogP contribution in [0.3, 0.4) is 0 Å². The highest BCUT2D eigenvalue weighted by Crippen LogP contribution is 2.34. The van der Waals surface area contributed by atoms with E-state index >= 15 is 0 Å². The van der Waals surface area contributed by atoms with Gasteiger partial charge in [0, 0.05) is 22.3 Å². The summed E-state index contributed by atoms with van der Waals surface area (Å²) in [6.07, 6.45) is 2.37. The number of halogens is 1. The number of hydrogen-bond acceptors (Lipinski definition) is 3. The van der Waals surface area contributed by atoms with Gasteiger partial charge in [0.2, 0.25) is 0 Å². The molecule has 2 heterocycles. The summed E-state index contributed by atoms with van der Waals surface area (Å²) < 4.78 is 2.33. The summed E-state index contributed by atoms with van der Waals surface area (Å²) >= 11 is 5.27. The maximum Gasteiger partial charge on any atom is 0.124 e. The summed E-state index contributed by atoms with van der Waals surface area (Å²) in [6, 6.07) is 12.9. The van der Waals surface area contributed by atoms with Crippen LogP contribution in [0.1, 0.15) is 12.0 Å². The van der Waals surface area contributed by atoms with Crippen LogP contribution in [0.5, 0.6) is 0 Å². The standard InChI is InChI=1S/C16H13BrN2S/c17-12-4-6-14-15(9-12)20-16(19-14)11-3-5-13-10(8-11)2-1-7-18-13/h3-6,8-9,18H,1-2,7H2. The van der Waals surface area contributed by atoms with Gasteiger partial charge in [-0.3, -0.25) is 0 Å². The molecule has 1 aliphatic rings. The molecule has 3 aromatic rings. The van der Waals surface area contributed by atoms with Crippen molar-refractivity contribution in [3.63, 3.8) is 0 Å². The lowest BCUT2D eigenvalue weighted by Crippen LogP contribution is -2.11. The summed E-state index contributed by atoms with van der Waals surface area (Å²) in [4.78, 5) is 4.75. The molecule has 20 heavy (non-hydrogen) atoms. The fraction of sp³-hybridized carbons (Fsp3) is 0.188. The minimum Gasteiger partial charge on any atom is -0.385 e. The molecule has 0 aliphatic carbocycles. The van der Waals surface area contributed by atoms with Gasteiger partial charge in [-0.25, -0.2) is 4.98 Å². The van der Waals surface area contributed by atoms with Gasteiger partial charge in [0.15, 0.2) is 0 Å². The van der Waals surface area contributed by atoms with Crippen molar-refractivity contribution < 1.29 is 0 Å². The molecule has 2 aromatic carbocycles. The van der Waals surface area contributed by atoms with Crippen molar-refractivity contribution in [3.05, 3.63) is 46.4 Å². The molecule has 0 bridgehead atoms. The average molecular weight is 345 g/mol. The number of rotatable bonds is 1. The Hall–Kier alpha value is -1.39. The van der Waals surface area contributed by atoms with E-state index in [1.165, 1.54) is 27.9 Å². The molecule has 0 radical (unpaired) electrons. The van der Waals surface area contributed by atoms with Crippen LogP contribution in [-0.2, 0) is 6.42 Å². The molecule has 0 fully saturated rings. The Morgan fingerprint density at radius 3 is 3.05 bits per heavy atom. The third kappa shape index (κ3) is 2.13. The number of nitrogens with one attached hydrogen (secondary N) is 1. The molecule has 0 atom stereocenters. The molecule has 2 nitrogen and oxygen atoms in total. The quantitative estimate of drug-likeness (QED) is 0.665. The first kappa shape index (κ1) is 12.4. The third-order valence-corrected chi connectivity index (χ3v) is 5.20. The summed E-state index contributed by atoms with van der Waals surface area (Å²) in [6.45, 7) is 1.08. The fourth-order valence-electron chi connectivity index (χ4n) is 2.63. The number of benzene rings is 2. The molecule has 1 N–H and O–H groups in total. The van der Waals surface area contributed by atoms with Crippen LogP contribution < -0.4 is 5.32 Å². The second-order valence-electron chi connectivity index (χ2n) is 5.03. The van der Waals surface area contributed by atoms with Crippen LogP contribution in [0.2, 0.25) is 0 Å². The van der Waals surface area contributed by atoms with Gasteiger partial charge < -0.3 is 5.32 Å². The second kappa shape index (κ2) is 4.86. The average Bonchev–Trinajstić information content (AvgIpc) is 2.89. The van der Waals surface area contributed by atoms with E-state index < -0.39 is 0 Å². The third-order valence-electron chi connectivity index (χ3n) is 3.64. The van der Waals surface area contributed by atoms with E-state index in [0.29, 0.717) is 0 Å². The Morgan fingerprint density at radius 2 is 2.10 bits per heavy atom. The highest BCUT2D eigenvalue weighted by atomic mass is 79.9. The van der Waals surface area contributed by atoms with Crippen LogP contribution in [0.25, 0.3) is 20.8 Å². The van der Waals surface area contributed by atoms with E-state index in [9.17, 15) is 0 Å². The van der Waals surface area contributed by atoms with Crippen molar-refractivity contribution in [1.82, 2.24) is 4.98 Å². The van der Waals surface area contributed by atoms with Gasteiger partial charge in [0.05, 0.1) is 10.2 Å². The number of thiazole rings is 1. The van der Waals surface area contributed by atoms with Gasteiger partial charge >= 0.3 is 0 Å². The Morgan fingerprint density at radius 1 is 1.15 bits per heavy atom. The highest BCUT2D eigenvalue weighted by molar-refractivity contribution is 9.10. The number of anilines is 1. The molecule has 100 valence electrons. The molecule has 0 saturated carbocycles. The van der Waals surface area contributed by atoms with Gasteiger partial charge in [0.25, 0.3) is 0 Å². The van der Waals surface area contributed by atoms with Gasteiger partial charge in [-0.1, -0.05) is 15.9 Å². The van der Waals surface area contributed by atoms with E-state index in [1.807, 2.05) is 6.07 Å². The predicted octanol–water partition coefficient (Wildman–Crippen LogP) is 5.08. The van der Waals surface area contributed by atoms with Crippen LogP contribution in [0, 0.1) is 0 Å². The smallest absolute Gasteiger partial charge is 0.124 e. The monoisotopic (exact) mass is 344 g/mol. The molecule has 0 amide bonds. The Kier molecular flexibility index (Phi) is 3.00. The lowest BCUT2D eigenvalue weighted by Gasteiger charge is -2.18.